The fourth-order valence-electron chi connectivity index (χ4n) is 4.10. The molecule has 9 heteroatoms. The highest BCUT2D eigenvalue weighted by molar-refractivity contribution is 6.32. The number of carbonyl (C=O) groups is 2. The molecular formula is C22H15N3O6. The molecular weight excluding hydrogens is 402 g/mol. The maximum Gasteiger partial charge on any atom is 0.270 e. The minimum atomic E-state index is -0.567. The van der Waals surface area contributed by atoms with Crippen molar-refractivity contribution >= 4 is 39.3 Å². The van der Waals surface area contributed by atoms with Crippen molar-refractivity contribution in [3.63, 3.8) is 0 Å². The number of imide groups is 1. The number of nitrogens with zero attached hydrogens (tertiary/aromatic N) is 1. The standard InChI is InChI=1S/C22H15N3O6/c1-30-11-4-5-15-14(8-11)18-16(23-15)9-13(19-20(18)22(27)24-21(19)26)12-7-10(25(28)29)3-6-17(12)31-2/h3-9,23H,1-2H3,(H,24,26,27). The van der Waals surface area contributed by atoms with Gasteiger partial charge in [0.2, 0.25) is 0 Å². The zero-order valence-electron chi connectivity index (χ0n) is 16.4. The molecule has 1 aliphatic heterocycles. The van der Waals surface area contributed by atoms with Crippen molar-refractivity contribution in [2.24, 2.45) is 0 Å². The second-order valence-corrected chi connectivity index (χ2v) is 7.06. The molecule has 31 heavy (non-hydrogen) atoms. The summed E-state index contributed by atoms with van der Waals surface area (Å²) in [6.07, 6.45) is 0. The van der Waals surface area contributed by atoms with Crippen molar-refractivity contribution in [1.29, 1.82) is 0 Å². The molecule has 0 unspecified atom stereocenters. The van der Waals surface area contributed by atoms with E-state index in [-0.39, 0.29) is 16.8 Å². The lowest BCUT2D eigenvalue weighted by molar-refractivity contribution is -0.384. The number of hydrogen-bond donors (Lipinski definition) is 2. The summed E-state index contributed by atoms with van der Waals surface area (Å²) in [5.41, 5.74) is 2.28. The molecule has 3 aromatic carbocycles. The van der Waals surface area contributed by atoms with Gasteiger partial charge in [-0.3, -0.25) is 25.0 Å². The third kappa shape index (κ3) is 2.63. The van der Waals surface area contributed by atoms with Crippen LogP contribution in [0.15, 0.2) is 42.5 Å². The van der Waals surface area contributed by atoms with Gasteiger partial charge in [-0.1, -0.05) is 0 Å². The minimum absolute atomic E-state index is 0.153. The zero-order chi connectivity index (χ0) is 21.9. The molecule has 1 aromatic heterocycles. The number of fused-ring (bicyclic) bond motifs is 5. The van der Waals surface area contributed by atoms with Gasteiger partial charge in [-0.15, -0.1) is 0 Å². The van der Waals surface area contributed by atoms with Gasteiger partial charge < -0.3 is 14.5 Å². The third-order valence-electron chi connectivity index (χ3n) is 5.46. The Kier molecular flexibility index (Phi) is 3.94. The molecule has 0 saturated carbocycles. The number of aromatic amines is 1. The maximum absolute atomic E-state index is 12.8. The number of methoxy groups -OCH3 is 2. The summed E-state index contributed by atoms with van der Waals surface area (Å²) < 4.78 is 10.7. The van der Waals surface area contributed by atoms with E-state index < -0.39 is 16.7 Å². The summed E-state index contributed by atoms with van der Waals surface area (Å²) >= 11 is 0. The number of rotatable bonds is 4. The smallest absolute Gasteiger partial charge is 0.270 e. The summed E-state index contributed by atoms with van der Waals surface area (Å²) in [5, 5.41) is 15.0. The van der Waals surface area contributed by atoms with Crippen LogP contribution >= 0.6 is 0 Å². The van der Waals surface area contributed by atoms with Crippen molar-refractivity contribution in [3.05, 3.63) is 63.7 Å². The largest absolute Gasteiger partial charge is 0.497 e. The van der Waals surface area contributed by atoms with Crippen LogP contribution in [0.3, 0.4) is 0 Å². The van der Waals surface area contributed by atoms with Gasteiger partial charge in [-0.05, 0) is 30.3 Å². The average molecular weight is 417 g/mol. The summed E-state index contributed by atoms with van der Waals surface area (Å²) in [4.78, 5) is 39.6. The molecule has 0 aliphatic carbocycles. The maximum atomic E-state index is 12.8. The van der Waals surface area contributed by atoms with Gasteiger partial charge in [-0.25, -0.2) is 0 Å². The number of aromatic nitrogens is 1. The van der Waals surface area contributed by atoms with E-state index >= 15 is 0 Å². The molecule has 0 spiro atoms. The van der Waals surface area contributed by atoms with Crippen molar-refractivity contribution in [2.45, 2.75) is 0 Å². The Bertz CT molecular complexity index is 1450. The van der Waals surface area contributed by atoms with Crippen molar-refractivity contribution < 1.29 is 24.0 Å². The first kappa shape index (κ1) is 18.6. The molecule has 2 heterocycles. The molecule has 0 atom stereocenters. The quantitative estimate of drug-likeness (QED) is 0.296. The number of nitro groups is 1. The van der Waals surface area contributed by atoms with E-state index in [4.69, 9.17) is 9.47 Å². The number of non-ortho nitro benzene ring substituents is 1. The van der Waals surface area contributed by atoms with Crippen LogP contribution in [0.25, 0.3) is 32.9 Å². The van der Waals surface area contributed by atoms with Gasteiger partial charge in [0, 0.05) is 45.1 Å². The summed E-state index contributed by atoms with van der Waals surface area (Å²) in [6, 6.07) is 11.2. The van der Waals surface area contributed by atoms with Gasteiger partial charge in [0.15, 0.2) is 0 Å². The lowest BCUT2D eigenvalue weighted by atomic mass is 9.92. The Labute approximate surface area is 174 Å². The molecule has 9 nitrogen and oxygen atoms in total. The van der Waals surface area contributed by atoms with E-state index in [1.165, 1.54) is 25.3 Å². The second kappa shape index (κ2) is 6.56. The minimum Gasteiger partial charge on any atom is -0.497 e. The number of amides is 2. The van der Waals surface area contributed by atoms with E-state index in [2.05, 4.69) is 10.3 Å². The highest BCUT2D eigenvalue weighted by atomic mass is 16.6. The predicted octanol–water partition coefficient (Wildman–Crippen LogP) is 3.80. The lowest BCUT2D eigenvalue weighted by Gasteiger charge is -2.12. The number of nitrogens with one attached hydrogen (secondary N) is 2. The van der Waals surface area contributed by atoms with Crippen LogP contribution < -0.4 is 14.8 Å². The van der Waals surface area contributed by atoms with Crippen LogP contribution in [0.4, 0.5) is 5.69 Å². The monoisotopic (exact) mass is 417 g/mol. The van der Waals surface area contributed by atoms with Gasteiger partial charge in [0.05, 0.1) is 30.3 Å². The predicted molar refractivity (Wildman–Crippen MR) is 113 cm³/mol. The van der Waals surface area contributed by atoms with E-state index in [0.717, 1.165) is 10.9 Å². The highest BCUT2D eigenvalue weighted by Gasteiger charge is 2.34. The van der Waals surface area contributed by atoms with Gasteiger partial charge in [0.25, 0.3) is 17.5 Å². The lowest BCUT2D eigenvalue weighted by Crippen LogP contribution is -2.20. The van der Waals surface area contributed by atoms with E-state index in [9.17, 15) is 19.7 Å². The van der Waals surface area contributed by atoms with E-state index in [0.29, 0.717) is 33.5 Å². The van der Waals surface area contributed by atoms with Gasteiger partial charge >= 0.3 is 0 Å². The fourth-order valence-corrected chi connectivity index (χ4v) is 4.10. The Morgan fingerprint density at radius 3 is 2.35 bits per heavy atom. The molecule has 0 saturated heterocycles. The van der Waals surface area contributed by atoms with Crippen molar-refractivity contribution in [1.82, 2.24) is 10.3 Å². The van der Waals surface area contributed by atoms with Crippen LogP contribution in [0.1, 0.15) is 20.7 Å². The summed E-state index contributed by atoms with van der Waals surface area (Å²) in [5.74, 6) is -0.143. The first-order valence-electron chi connectivity index (χ1n) is 9.28. The number of H-pyrrole nitrogens is 1. The molecule has 154 valence electrons. The first-order valence-corrected chi connectivity index (χ1v) is 9.28. The van der Waals surface area contributed by atoms with Crippen LogP contribution in [-0.4, -0.2) is 35.9 Å². The van der Waals surface area contributed by atoms with Crippen molar-refractivity contribution in [2.75, 3.05) is 14.2 Å². The number of ether oxygens (including phenoxy) is 2. The number of hydrogen-bond acceptors (Lipinski definition) is 6. The van der Waals surface area contributed by atoms with Crippen LogP contribution in [0, 0.1) is 10.1 Å². The molecule has 4 aromatic rings. The number of benzene rings is 3. The number of nitro benzene ring substituents is 1. The van der Waals surface area contributed by atoms with E-state index in [1.54, 1.807) is 25.3 Å². The topological polar surface area (TPSA) is 124 Å². The van der Waals surface area contributed by atoms with Crippen LogP contribution in [0.5, 0.6) is 11.5 Å². The average Bonchev–Trinajstić information content (AvgIpc) is 3.28. The van der Waals surface area contributed by atoms with Crippen molar-refractivity contribution in [3.8, 4) is 22.6 Å². The third-order valence-corrected chi connectivity index (χ3v) is 5.46. The van der Waals surface area contributed by atoms with Crippen LogP contribution in [-0.2, 0) is 0 Å². The molecule has 1 aliphatic rings. The molecule has 0 radical (unpaired) electrons. The molecule has 0 bridgehead atoms. The van der Waals surface area contributed by atoms with Crippen LogP contribution in [0.2, 0.25) is 0 Å². The SMILES string of the molecule is COc1ccc2[nH]c3cc(-c4cc([N+](=O)[O-])ccc4OC)c4c(c3c2c1)C(=O)NC4=O. The Balaban J connectivity index is 1.92. The zero-order valence-corrected chi connectivity index (χ0v) is 16.4. The Hall–Kier alpha value is -4.40. The van der Waals surface area contributed by atoms with Gasteiger partial charge in [-0.2, -0.15) is 0 Å². The second-order valence-electron chi connectivity index (χ2n) is 7.06. The molecule has 5 rings (SSSR count). The number of carbonyl (C=O) groups excluding carboxylic acids is 2. The summed E-state index contributed by atoms with van der Waals surface area (Å²) in [6.45, 7) is 0. The summed E-state index contributed by atoms with van der Waals surface area (Å²) in [7, 11) is 2.98. The highest BCUT2D eigenvalue weighted by Crippen LogP contribution is 2.42. The molecule has 2 amide bonds. The molecule has 0 fully saturated rings. The first-order chi connectivity index (χ1) is 14.9. The Morgan fingerprint density at radius 1 is 0.871 bits per heavy atom. The normalized spacial score (nSPS) is 12.8. The Morgan fingerprint density at radius 2 is 1.65 bits per heavy atom. The fraction of sp³-hybridized carbons (Fsp3) is 0.0909. The molecule has 2 N–H and O–H groups in total. The van der Waals surface area contributed by atoms with E-state index in [1.807, 2.05) is 6.07 Å². The van der Waals surface area contributed by atoms with Gasteiger partial charge in [0.1, 0.15) is 11.5 Å².